The van der Waals surface area contributed by atoms with E-state index in [1.165, 1.54) is 26.0 Å². The number of nitrogens with one attached hydrogen (secondary N) is 2. The Hall–Kier alpha value is -3.10. The molecule has 0 saturated heterocycles. The zero-order valence-electron chi connectivity index (χ0n) is 18.6. The standard InChI is InChI=1S/C21H31N3O6/c1-13-9-8-10-15(11-13)17(18(26)22-12-16(25)29-7)24(6)19(27)14(2)23-20(28)30-21(3,4)5/h8-11,14,17H,12H2,1-7H3,(H,22,26)(H,23,28). The van der Waals surface area contributed by atoms with Crippen LogP contribution < -0.4 is 10.6 Å². The van der Waals surface area contributed by atoms with Crippen LogP contribution in [0.15, 0.2) is 24.3 Å². The quantitative estimate of drug-likeness (QED) is 0.648. The summed E-state index contributed by atoms with van der Waals surface area (Å²) < 4.78 is 9.71. The normalized spacial score (nSPS) is 12.9. The zero-order valence-corrected chi connectivity index (χ0v) is 18.6. The van der Waals surface area contributed by atoms with Crippen LogP contribution >= 0.6 is 0 Å². The summed E-state index contributed by atoms with van der Waals surface area (Å²) in [5, 5.41) is 4.95. The first-order valence-electron chi connectivity index (χ1n) is 9.53. The summed E-state index contributed by atoms with van der Waals surface area (Å²) in [6.45, 7) is 8.18. The molecule has 0 fully saturated rings. The maximum Gasteiger partial charge on any atom is 0.408 e. The maximum atomic E-state index is 12.9. The van der Waals surface area contributed by atoms with E-state index >= 15 is 0 Å². The van der Waals surface area contributed by atoms with Crippen molar-refractivity contribution < 1.29 is 28.7 Å². The smallest absolute Gasteiger partial charge is 0.408 e. The Kier molecular flexibility index (Phi) is 8.82. The highest BCUT2D eigenvalue weighted by atomic mass is 16.6. The molecule has 0 radical (unpaired) electrons. The molecule has 0 heterocycles. The number of rotatable bonds is 7. The highest BCUT2D eigenvalue weighted by Crippen LogP contribution is 2.22. The molecule has 0 aliphatic rings. The van der Waals surface area contributed by atoms with E-state index in [2.05, 4.69) is 15.4 Å². The molecular weight excluding hydrogens is 390 g/mol. The molecule has 2 N–H and O–H groups in total. The Bertz CT molecular complexity index is 787. The molecule has 0 aliphatic carbocycles. The number of hydrogen-bond acceptors (Lipinski definition) is 6. The van der Waals surface area contributed by atoms with Gasteiger partial charge >= 0.3 is 12.1 Å². The van der Waals surface area contributed by atoms with Crippen molar-refractivity contribution in [2.75, 3.05) is 20.7 Å². The molecule has 166 valence electrons. The first-order valence-corrected chi connectivity index (χ1v) is 9.53. The molecule has 0 spiro atoms. The molecule has 1 aromatic rings. The van der Waals surface area contributed by atoms with Crippen LogP contribution in [0.2, 0.25) is 0 Å². The number of nitrogens with zero attached hydrogens (tertiary/aromatic N) is 1. The number of aryl methyl sites for hydroxylation is 1. The van der Waals surface area contributed by atoms with E-state index in [4.69, 9.17) is 4.74 Å². The number of likely N-dealkylation sites (N-methyl/N-ethyl adjacent to an activating group) is 1. The second-order valence-corrected chi connectivity index (χ2v) is 7.93. The van der Waals surface area contributed by atoms with Crippen molar-refractivity contribution in [3.8, 4) is 0 Å². The molecular formula is C21H31N3O6. The maximum absolute atomic E-state index is 12.9. The number of ether oxygens (including phenoxy) is 2. The van der Waals surface area contributed by atoms with Crippen LogP contribution in [-0.4, -0.2) is 61.1 Å². The van der Waals surface area contributed by atoms with Gasteiger partial charge in [-0.25, -0.2) is 4.79 Å². The molecule has 0 bridgehead atoms. The first kappa shape index (κ1) is 24.9. The summed E-state index contributed by atoms with van der Waals surface area (Å²) >= 11 is 0. The second kappa shape index (κ2) is 10.6. The van der Waals surface area contributed by atoms with Crippen molar-refractivity contribution in [2.24, 2.45) is 0 Å². The minimum atomic E-state index is -1.01. The van der Waals surface area contributed by atoms with Gasteiger partial charge in [0.05, 0.1) is 7.11 Å². The predicted molar refractivity (Wildman–Crippen MR) is 111 cm³/mol. The number of amides is 3. The molecule has 9 nitrogen and oxygen atoms in total. The van der Waals surface area contributed by atoms with Gasteiger partial charge in [-0.1, -0.05) is 29.8 Å². The largest absolute Gasteiger partial charge is 0.468 e. The number of carbonyl (C=O) groups excluding carboxylic acids is 4. The SMILES string of the molecule is COC(=O)CNC(=O)C(c1cccc(C)c1)N(C)C(=O)C(C)NC(=O)OC(C)(C)C. The lowest BCUT2D eigenvalue weighted by atomic mass is 10.0. The molecule has 3 amide bonds. The molecule has 1 rings (SSSR count). The number of carbonyl (C=O) groups is 4. The highest BCUT2D eigenvalue weighted by molar-refractivity contribution is 5.92. The van der Waals surface area contributed by atoms with E-state index in [9.17, 15) is 19.2 Å². The van der Waals surface area contributed by atoms with Crippen molar-refractivity contribution in [3.63, 3.8) is 0 Å². The summed E-state index contributed by atoms with van der Waals surface area (Å²) in [4.78, 5) is 50.4. The Morgan fingerprint density at radius 3 is 2.33 bits per heavy atom. The fraction of sp³-hybridized carbons (Fsp3) is 0.524. The lowest BCUT2D eigenvalue weighted by Gasteiger charge is -2.30. The van der Waals surface area contributed by atoms with E-state index < -0.39 is 41.6 Å². The lowest BCUT2D eigenvalue weighted by molar-refractivity contribution is -0.143. The van der Waals surface area contributed by atoms with Crippen LogP contribution in [0.1, 0.15) is 44.9 Å². The van der Waals surface area contributed by atoms with Gasteiger partial charge in [0.2, 0.25) is 11.8 Å². The van der Waals surface area contributed by atoms with Crippen LogP contribution in [0.25, 0.3) is 0 Å². The lowest BCUT2D eigenvalue weighted by Crippen LogP contribution is -2.50. The summed E-state index contributed by atoms with van der Waals surface area (Å²) in [6, 6.07) is 5.17. The number of hydrogen-bond donors (Lipinski definition) is 2. The van der Waals surface area contributed by atoms with Gasteiger partial charge in [-0.3, -0.25) is 14.4 Å². The average molecular weight is 421 g/mol. The molecule has 9 heteroatoms. The fourth-order valence-corrected chi connectivity index (χ4v) is 2.70. The third-order valence-corrected chi connectivity index (χ3v) is 4.08. The fourth-order valence-electron chi connectivity index (χ4n) is 2.70. The van der Waals surface area contributed by atoms with Gasteiger partial charge in [0.15, 0.2) is 0 Å². The highest BCUT2D eigenvalue weighted by Gasteiger charge is 2.32. The van der Waals surface area contributed by atoms with Gasteiger partial charge in [0.1, 0.15) is 24.2 Å². The average Bonchev–Trinajstić information content (AvgIpc) is 2.63. The summed E-state index contributed by atoms with van der Waals surface area (Å²) in [5.41, 5.74) is 0.758. The molecule has 30 heavy (non-hydrogen) atoms. The summed E-state index contributed by atoms with van der Waals surface area (Å²) in [7, 11) is 2.67. The zero-order chi connectivity index (χ0) is 23.1. The predicted octanol–water partition coefficient (Wildman–Crippen LogP) is 1.70. The monoisotopic (exact) mass is 421 g/mol. The number of alkyl carbamates (subject to hydrolysis) is 1. The van der Waals surface area contributed by atoms with Crippen molar-refractivity contribution in [3.05, 3.63) is 35.4 Å². The van der Waals surface area contributed by atoms with E-state index in [1.54, 1.807) is 39.0 Å². The topological polar surface area (TPSA) is 114 Å². The number of methoxy groups -OCH3 is 1. The Morgan fingerprint density at radius 1 is 1.17 bits per heavy atom. The van der Waals surface area contributed by atoms with Crippen molar-refractivity contribution >= 4 is 23.9 Å². The third-order valence-electron chi connectivity index (χ3n) is 4.08. The van der Waals surface area contributed by atoms with Crippen LogP contribution in [-0.2, 0) is 23.9 Å². The van der Waals surface area contributed by atoms with Crippen LogP contribution in [0, 0.1) is 6.92 Å². The molecule has 0 saturated carbocycles. The van der Waals surface area contributed by atoms with Crippen molar-refractivity contribution in [1.82, 2.24) is 15.5 Å². The summed E-state index contributed by atoms with van der Waals surface area (Å²) in [5.74, 6) is -1.66. The molecule has 1 aromatic carbocycles. The second-order valence-electron chi connectivity index (χ2n) is 7.93. The van der Waals surface area contributed by atoms with Gasteiger partial charge in [-0.15, -0.1) is 0 Å². The van der Waals surface area contributed by atoms with Crippen molar-refractivity contribution in [1.29, 1.82) is 0 Å². The minimum absolute atomic E-state index is 0.328. The van der Waals surface area contributed by atoms with E-state index in [0.29, 0.717) is 5.56 Å². The van der Waals surface area contributed by atoms with Gasteiger partial charge in [0.25, 0.3) is 0 Å². The first-order chi connectivity index (χ1) is 13.9. The third kappa shape index (κ3) is 7.73. The van der Waals surface area contributed by atoms with E-state index in [-0.39, 0.29) is 6.54 Å². The Labute approximate surface area is 177 Å². The van der Waals surface area contributed by atoms with Gasteiger partial charge in [-0.2, -0.15) is 0 Å². The van der Waals surface area contributed by atoms with E-state index in [1.807, 2.05) is 13.0 Å². The van der Waals surface area contributed by atoms with Gasteiger partial charge < -0.3 is 25.0 Å². The molecule has 2 unspecified atom stereocenters. The van der Waals surface area contributed by atoms with Crippen LogP contribution in [0.5, 0.6) is 0 Å². The van der Waals surface area contributed by atoms with Gasteiger partial charge in [0, 0.05) is 7.05 Å². The molecule has 2 atom stereocenters. The molecule has 0 aliphatic heterocycles. The van der Waals surface area contributed by atoms with Gasteiger partial charge in [-0.05, 0) is 40.2 Å². The van der Waals surface area contributed by atoms with Crippen molar-refractivity contribution in [2.45, 2.75) is 52.3 Å². The van der Waals surface area contributed by atoms with Crippen LogP contribution in [0.4, 0.5) is 4.79 Å². The Balaban J connectivity index is 3.04. The van der Waals surface area contributed by atoms with Crippen LogP contribution in [0.3, 0.4) is 0 Å². The summed E-state index contributed by atoms with van der Waals surface area (Å²) in [6.07, 6.45) is -0.737. The Morgan fingerprint density at radius 2 is 1.80 bits per heavy atom. The number of esters is 1. The van der Waals surface area contributed by atoms with E-state index in [0.717, 1.165) is 5.56 Å². The minimum Gasteiger partial charge on any atom is -0.468 e. The number of benzene rings is 1. The molecule has 0 aromatic heterocycles.